The SMILES string of the molecule is NC(=S)CCCN(CCO)Cc1ccccc1. The minimum Gasteiger partial charge on any atom is -0.395 e. The minimum absolute atomic E-state index is 0.180. The Balaban J connectivity index is 2.40. The molecule has 1 aromatic rings. The number of aliphatic hydroxyl groups excluding tert-OH is 1. The van der Waals surface area contributed by atoms with Crippen LogP contribution in [0, 0.1) is 0 Å². The maximum absolute atomic E-state index is 9.03. The first-order valence-electron chi connectivity index (χ1n) is 5.88. The summed E-state index contributed by atoms with van der Waals surface area (Å²) in [4.78, 5) is 2.78. The van der Waals surface area contributed by atoms with Crippen LogP contribution >= 0.6 is 12.2 Å². The molecule has 0 amide bonds. The average Bonchev–Trinajstić information content (AvgIpc) is 2.30. The second-order valence-corrected chi connectivity index (χ2v) is 4.58. The van der Waals surface area contributed by atoms with Crippen molar-refractivity contribution in [2.24, 2.45) is 5.73 Å². The summed E-state index contributed by atoms with van der Waals surface area (Å²) >= 11 is 4.85. The van der Waals surface area contributed by atoms with Crippen LogP contribution < -0.4 is 5.73 Å². The number of benzene rings is 1. The Kier molecular flexibility index (Phi) is 6.77. The number of nitrogens with zero attached hydrogens (tertiary/aromatic N) is 1. The second-order valence-electron chi connectivity index (χ2n) is 4.06. The molecule has 3 nitrogen and oxygen atoms in total. The quantitative estimate of drug-likeness (QED) is 0.689. The van der Waals surface area contributed by atoms with Crippen molar-refractivity contribution in [2.45, 2.75) is 19.4 Å². The van der Waals surface area contributed by atoms with Gasteiger partial charge in [0, 0.05) is 13.1 Å². The summed E-state index contributed by atoms with van der Waals surface area (Å²) in [7, 11) is 0. The van der Waals surface area contributed by atoms with Gasteiger partial charge in [-0.3, -0.25) is 4.90 Å². The highest BCUT2D eigenvalue weighted by molar-refractivity contribution is 7.80. The van der Waals surface area contributed by atoms with Gasteiger partial charge in [0.25, 0.3) is 0 Å². The number of nitrogens with two attached hydrogens (primary N) is 1. The van der Waals surface area contributed by atoms with E-state index < -0.39 is 0 Å². The first kappa shape index (κ1) is 14.1. The summed E-state index contributed by atoms with van der Waals surface area (Å²) in [6.45, 7) is 2.64. The Morgan fingerprint density at radius 1 is 1.24 bits per heavy atom. The molecular formula is C13H20N2OS. The van der Waals surface area contributed by atoms with E-state index in [1.165, 1.54) is 5.56 Å². The van der Waals surface area contributed by atoms with Crippen molar-refractivity contribution in [3.05, 3.63) is 35.9 Å². The third-order valence-electron chi connectivity index (χ3n) is 2.56. The van der Waals surface area contributed by atoms with Crippen LogP contribution in [0.2, 0.25) is 0 Å². The van der Waals surface area contributed by atoms with Gasteiger partial charge < -0.3 is 10.8 Å². The number of hydrogen-bond acceptors (Lipinski definition) is 3. The Bertz CT molecular complexity index is 329. The molecule has 0 aliphatic carbocycles. The second kappa shape index (κ2) is 8.17. The van der Waals surface area contributed by atoms with E-state index in [0.29, 0.717) is 11.5 Å². The van der Waals surface area contributed by atoms with Crippen LogP contribution in [-0.4, -0.2) is 34.7 Å². The van der Waals surface area contributed by atoms with Crippen molar-refractivity contribution in [3.63, 3.8) is 0 Å². The maximum Gasteiger partial charge on any atom is 0.0727 e. The van der Waals surface area contributed by atoms with Gasteiger partial charge >= 0.3 is 0 Å². The average molecular weight is 252 g/mol. The summed E-state index contributed by atoms with van der Waals surface area (Å²) in [6.07, 6.45) is 1.72. The molecule has 4 heteroatoms. The molecule has 0 aromatic heterocycles. The van der Waals surface area contributed by atoms with Crippen molar-refractivity contribution >= 4 is 17.2 Å². The normalized spacial score (nSPS) is 10.7. The first-order valence-corrected chi connectivity index (χ1v) is 6.28. The van der Waals surface area contributed by atoms with E-state index in [1.54, 1.807) is 0 Å². The molecule has 1 aromatic carbocycles. The zero-order chi connectivity index (χ0) is 12.5. The lowest BCUT2D eigenvalue weighted by molar-refractivity contribution is 0.189. The van der Waals surface area contributed by atoms with E-state index >= 15 is 0 Å². The molecule has 17 heavy (non-hydrogen) atoms. The van der Waals surface area contributed by atoms with Crippen LogP contribution in [-0.2, 0) is 6.54 Å². The highest BCUT2D eigenvalue weighted by atomic mass is 32.1. The molecular weight excluding hydrogens is 232 g/mol. The fourth-order valence-electron chi connectivity index (χ4n) is 1.73. The van der Waals surface area contributed by atoms with Gasteiger partial charge in [0.15, 0.2) is 0 Å². The summed E-state index contributed by atoms with van der Waals surface area (Å²) in [5, 5.41) is 9.03. The number of rotatable bonds is 8. The van der Waals surface area contributed by atoms with Gasteiger partial charge in [0.05, 0.1) is 11.6 Å². The van der Waals surface area contributed by atoms with Crippen LogP contribution in [0.1, 0.15) is 18.4 Å². The lowest BCUT2D eigenvalue weighted by Crippen LogP contribution is -2.28. The summed E-state index contributed by atoms with van der Waals surface area (Å²) in [5.41, 5.74) is 6.73. The molecule has 1 rings (SSSR count). The van der Waals surface area contributed by atoms with E-state index in [0.717, 1.165) is 25.9 Å². The fraction of sp³-hybridized carbons (Fsp3) is 0.462. The highest BCUT2D eigenvalue weighted by Crippen LogP contribution is 2.05. The van der Waals surface area contributed by atoms with Crippen molar-refractivity contribution in [2.75, 3.05) is 19.7 Å². The molecule has 0 bridgehead atoms. The molecule has 0 radical (unpaired) electrons. The smallest absolute Gasteiger partial charge is 0.0727 e. The van der Waals surface area contributed by atoms with Crippen LogP contribution in [0.15, 0.2) is 30.3 Å². The molecule has 0 unspecified atom stereocenters. The predicted molar refractivity (Wildman–Crippen MR) is 74.8 cm³/mol. The molecule has 0 aliphatic heterocycles. The lowest BCUT2D eigenvalue weighted by atomic mass is 10.2. The lowest BCUT2D eigenvalue weighted by Gasteiger charge is -2.21. The number of hydrogen-bond donors (Lipinski definition) is 2. The number of thiocarbonyl (C=S) groups is 1. The minimum atomic E-state index is 0.180. The fourth-order valence-corrected chi connectivity index (χ4v) is 1.87. The Morgan fingerprint density at radius 3 is 2.53 bits per heavy atom. The monoisotopic (exact) mass is 252 g/mol. The standard InChI is InChI=1S/C13H20N2OS/c14-13(17)7-4-8-15(9-10-16)11-12-5-2-1-3-6-12/h1-3,5-6,16H,4,7-11H2,(H2,14,17). The van der Waals surface area contributed by atoms with Gasteiger partial charge in [-0.15, -0.1) is 0 Å². The van der Waals surface area contributed by atoms with Crippen molar-refractivity contribution in [1.29, 1.82) is 0 Å². The van der Waals surface area contributed by atoms with E-state index in [4.69, 9.17) is 23.1 Å². The van der Waals surface area contributed by atoms with Crippen LogP contribution in [0.3, 0.4) is 0 Å². The van der Waals surface area contributed by atoms with Crippen LogP contribution in [0.5, 0.6) is 0 Å². The largest absolute Gasteiger partial charge is 0.395 e. The molecule has 94 valence electrons. The van der Waals surface area contributed by atoms with Crippen molar-refractivity contribution in [3.8, 4) is 0 Å². The van der Waals surface area contributed by atoms with E-state index in [2.05, 4.69) is 17.0 Å². The van der Waals surface area contributed by atoms with Crippen LogP contribution in [0.25, 0.3) is 0 Å². The Labute approximate surface area is 108 Å². The molecule has 0 saturated carbocycles. The van der Waals surface area contributed by atoms with Gasteiger partial charge in [0.1, 0.15) is 0 Å². The van der Waals surface area contributed by atoms with Gasteiger partial charge in [0.2, 0.25) is 0 Å². The van der Waals surface area contributed by atoms with Crippen molar-refractivity contribution < 1.29 is 5.11 Å². The molecule has 0 saturated heterocycles. The third kappa shape index (κ3) is 6.36. The van der Waals surface area contributed by atoms with Gasteiger partial charge in [-0.1, -0.05) is 42.5 Å². The molecule has 3 N–H and O–H groups in total. The Hall–Kier alpha value is -0.970. The molecule has 0 fully saturated rings. The summed E-state index contributed by atoms with van der Waals surface area (Å²) in [5.74, 6) is 0. The summed E-state index contributed by atoms with van der Waals surface area (Å²) in [6, 6.07) is 10.3. The predicted octanol–water partition coefficient (Wildman–Crippen LogP) is 1.55. The van der Waals surface area contributed by atoms with E-state index in [9.17, 15) is 0 Å². The highest BCUT2D eigenvalue weighted by Gasteiger charge is 2.05. The molecule has 0 heterocycles. The zero-order valence-corrected chi connectivity index (χ0v) is 10.8. The van der Waals surface area contributed by atoms with E-state index in [-0.39, 0.29) is 6.61 Å². The van der Waals surface area contributed by atoms with Crippen molar-refractivity contribution in [1.82, 2.24) is 4.90 Å². The molecule has 0 atom stereocenters. The number of aliphatic hydroxyl groups is 1. The van der Waals surface area contributed by atoms with E-state index in [1.807, 2.05) is 18.2 Å². The Morgan fingerprint density at radius 2 is 1.94 bits per heavy atom. The third-order valence-corrected chi connectivity index (χ3v) is 2.77. The molecule has 0 aliphatic rings. The van der Waals surface area contributed by atoms with Gasteiger partial charge in [-0.25, -0.2) is 0 Å². The maximum atomic E-state index is 9.03. The zero-order valence-electron chi connectivity index (χ0n) is 10.0. The first-order chi connectivity index (χ1) is 8.22. The van der Waals surface area contributed by atoms with Gasteiger partial charge in [-0.2, -0.15) is 0 Å². The topological polar surface area (TPSA) is 49.5 Å². The van der Waals surface area contributed by atoms with Gasteiger partial charge in [-0.05, 0) is 24.9 Å². The van der Waals surface area contributed by atoms with Crippen LogP contribution in [0.4, 0.5) is 0 Å². The molecule has 0 spiro atoms. The summed E-state index contributed by atoms with van der Waals surface area (Å²) < 4.78 is 0.